The predicted molar refractivity (Wildman–Crippen MR) is 267 cm³/mol. The molecule has 0 unspecified atom stereocenters. The van der Waals surface area contributed by atoms with Crippen molar-refractivity contribution < 1.29 is 38.0 Å². The molecule has 67 heavy (non-hydrogen) atoms. The fourth-order valence-electron chi connectivity index (χ4n) is 9.17. The lowest BCUT2D eigenvalue weighted by molar-refractivity contribution is -0.273. The van der Waals surface area contributed by atoms with E-state index in [2.05, 4.69) is 60.8 Å². The number of epoxide rings is 1. The van der Waals surface area contributed by atoms with Gasteiger partial charge in [0.1, 0.15) is 36.1 Å². The van der Waals surface area contributed by atoms with E-state index in [-0.39, 0.29) is 24.9 Å². The number of alkyl carbamates (subject to hydrolysis) is 1. The van der Waals surface area contributed by atoms with Crippen LogP contribution in [-0.2, 0) is 59.6 Å². The summed E-state index contributed by atoms with van der Waals surface area (Å²) in [6.45, 7) is 9.77. The number of carbonyl (C=O) groups is 1. The van der Waals surface area contributed by atoms with Gasteiger partial charge in [0.2, 0.25) is 0 Å². The molecule has 9 nitrogen and oxygen atoms in total. The molecular weight excluding hydrogens is 839 g/mol. The van der Waals surface area contributed by atoms with Gasteiger partial charge in [-0.05, 0) is 62.3 Å². The van der Waals surface area contributed by atoms with E-state index < -0.39 is 42.2 Å². The zero-order valence-corrected chi connectivity index (χ0v) is 41.1. The number of carbonyl (C=O) groups excluding carboxylic acids is 1. The molecule has 0 radical (unpaired) electrons. The van der Waals surface area contributed by atoms with Gasteiger partial charge in [0.25, 0.3) is 0 Å². The lowest BCUT2D eigenvalue weighted by atomic mass is 9.90. The molecule has 1 amide bonds. The quantitative estimate of drug-likeness (QED) is 0.0394. The monoisotopic (exact) mass is 920 g/mol. The molecule has 1 N–H and O–H groups in total. The molecule has 6 rings (SSSR count). The van der Waals surface area contributed by atoms with Crippen LogP contribution in [0.3, 0.4) is 0 Å². The highest BCUT2D eigenvalue weighted by Gasteiger charge is 2.50. The third-order valence-electron chi connectivity index (χ3n) is 12.8. The number of rotatable bonds is 31. The van der Waals surface area contributed by atoms with Gasteiger partial charge in [-0.25, -0.2) is 4.79 Å². The Hall–Kier alpha value is -4.09. The summed E-state index contributed by atoms with van der Waals surface area (Å²) < 4.78 is 46.7. The zero-order valence-electron chi connectivity index (χ0n) is 41.1. The molecule has 2 aliphatic heterocycles. The molecule has 9 heteroatoms. The summed E-state index contributed by atoms with van der Waals surface area (Å²) in [7, 11) is 0. The second kappa shape index (κ2) is 29.1. The maximum Gasteiger partial charge on any atom is 0.407 e. The van der Waals surface area contributed by atoms with E-state index in [1.807, 2.05) is 93.6 Å². The molecule has 2 saturated heterocycles. The van der Waals surface area contributed by atoms with Crippen LogP contribution in [0.4, 0.5) is 4.79 Å². The molecule has 4 aromatic carbocycles. The number of hydrogen-bond acceptors (Lipinski definition) is 8. The number of ether oxygens (including phenoxy) is 7. The summed E-state index contributed by atoms with van der Waals surface area (Å²) in [6, 6.07) is 40.5. The molecule has 0 aromatic heterocycles. The van der Waals surface area contributed by atoms with Crippen molar-refractivity contribution in [2.24, 2.45) is 0 Å². The first-order chi connectivity index (χ1) is 32.8. The predicted octanol–water partition coefficient (Wildman–Crippen LogP) is 13.3. The first-order valence-corrected chi connectivity index (χ1v) is 25.6. The largest absolute Gasteiger partial charge is 0.444 e. The van der Waals surface area contributed by atoms with Crippen LogP contribution in [0.15, 0.2) is 121 Å². The summed E-state index contributed by atoms with van der Waals surface area (Å²) in [4.78, 5) is 13.4. The van der Waals surface area contributed by atoms with Gasteiger partial charge in [-0.3, -0.25) is 0 Å². The highest BCUT2D eigenvalue weighted by atomic mass is 16.6. The summed E-state index contributed by atoms with van der Waals surface area (Å²) >= 11 is 0. The van der Waals surface area contributed by atoms with E-state index in [1.54, 1.807) is 0 Å². The molecule has 2 fully saturated rings. The van der Waals surface area contributed by atoms with E-state index in [4.69, 9.17) is 33.2 Å². The molecule has 0 aliphatic carbocycles. The van der Waals surface area contributed by atoms with Gasteiger partial charge >= 0.3 is 6.09 Å². The van der Waals surface area contributed by atoms with E-state index in [0.29, 0.717) is 39.3 Å². The Bertz CT molecular complexity index is 1890. The Balaban J connectivity index is 1.18. The Morgan fingerprint density at radius 1 is 0.522 bits per heavy atom. The van der Waals surface area contributed by atoms with Crippen LogP contribution < -0.4 is 5.32 Å². The number of benzene rings is 4. The molecule has 366 valence electrons. The topological polar surface area (TPSA) is 97.0 Å². The van der Waals surface area contributed by atoms with Crippen molar-refractivity contribution in [2.45, 2.75) is 205 Å². The molecular formula is C58H81NO8. The fraction of sp³-hybridized carbons (Fsp3) is 0.569. The highest BCUT2D eigenvalue weighted by molar-refractivity contribution is 5.68. The van der Waals surface area contributed by atoms with E-state index in [0.717, 1.165) is 35.1 Å². The molecule has 2 aliphatic rings. The van der Waals surface area contributed by atoms with Crippen molar-refractivity contribution in [3.05, 3.63) is 144 Å². The minimum atomic E-state index is -0.638. The smallest absolute Gasteiger partial charge is 0.407 e. The standard InChI is InChI=1S/C58H81NO8/c1-5-6-7-8-9-10-11-12-13-14-15-28-37-50-53(66-50)49(59-57(60)67-58(2,3)4)38-39-51-54(62-41-46-31-22-17-23-32-46)56(64-43-48-35-26-19-27-36-48)55(63-42-47-33-24-18-25-34-47)52(65-51)44-61-40-45-29-20-16-21-30-45/h16-27,29-36,49-56H,5-15,28,37-44H2,1-4H3,(H,59,60)/t49-,50+,51+,52+,53+,54-,55-,56+/m0/s1. The summed E-state index contributed by atoms with van der Waals surface area (Å²) in [5.41, 5.74) is 3.60. The Labute approximate surface area is 403 Å². The molecule has 4 aromatic rings. The van der Waals surface area contributed by atoms with Crippen LogP contribution in [0.25, 0.3) is 0 Å². The highest BCUT2D eigenvalue weighted by Crippen LogP contribution is 2.36. The Kier molecular flexibility index (Phi) is 22.7. The number of unbranched alkanes of at least 4 members (excludes halogenated alkanes) is 11. The Morgan fingerprint density at radius 2 is 0.955 bits per heavy atom. The third kappa shape index (κ3) is 19.4. The van der Waals surface area contributed by atoms with Crippen LogP contribution in [0.2, 0.25) is 0 Å². The second-order valence-electron chi connectivity index (χ2n) is 19.6. The van der Waals surface area contributed by atoms with Crippen LogP contribution in [0, 0.1) is 0 Å². The first kappa shape index (κ1) is 52.3. The number of amides is 1. The normalized spacial score (nSPS) is 22.0. The van der Waals surface area contributed by atoms with Gasteiger partial charge in [0, 0.05) is 0 Å². The summed E-state index contributed by atoms with van der Waals surface area (Å²) in [5, 5.41) is 3.23. The van der Waals surface area contributed by atoms with Gasteiger partial charge in [0.15, 0.2) is 0 Å². The molecule has 0 bridgehead atoms. The summed E-state index contributed by atoms with van der Waals surface area (Å²) in [6.07, 6.45) is 14.9. The van der Waals surface area contributed by atoms with Gasteiger partial charge in [-0.15, -0.1) is 0 Å². The van der Waals surface area contributed by atoms with Crippen molar-refractivity contribution in [2.75, 3.05) is 6.61 Å². The van der Waals surface area contributed by atoms with Gasteiger partial charge in [0.05, 0.1) is 51.3 Å². The fourth-order valence-corrected chi connectivity index (χ4v) is 9.17. The van der Waals surface area contributed by atoms with Crippen LogP contribution in [-0.4, -0.2) is 67.1 Å². The third-order valence-corrected chi connectivity index (χ3v) is 12.8. The average Bonchev–Trinajstić information content (AvgIpc) is 4.12. The van der Waals surface area contributed by atoms with Crippen LogP contribution in [0.1, 0.15) is 146 Å². The molecule has 2 heterocycles. The van der Waals surface area contributed by atoms with E-state index >= 15 is 0 Å². The van der Waals surface area contributed by atoms with E-state index in [1.165, 1.54) is 70.6 Å². The lowest BCUT2D eigenvalue weighted by Gasteiger charge is -2.46. The summed E-state index contributed by atoms with van der Waals surface area (Å²) in [5.74, 6) is 0. The minimum absolute atomic E-state index is 0.0947. The van der Waals surface area contributed by atoms with Gasteiger partial charge in [-0.2, -0.15) is 0 Å². The van der Waals surface area contributed by atoms with E-state index in [9.17, 15) is 4.79 Å². The van der Waals surface area contributed by atoms with Crippen molar-refractivity contribution in [1.82, 2.24) is 5.32 Å². The Morgan fingerprint density at radius 3 is 1.43 bits per heavy atom. The second-order valence-corrected chi connectivity index (χ2v) is 19.6. The maximum absolute atomic E-state index is 13.4. The van der Waals surface area contributed by atoms with Crippen molar-refractivity contribution >= 4 is 6.09 Å². The van der Waals surface area contributed by atoms with Crippen molar-refractivity contribution in [1.29, 1.82) is 0 Å². The zero-order chi connectivity index (χ0) is 46.9. The van der Waals surface area contributed by atoms with Crippen LogP contribution in [0.5, 0.6) is 0 Å². The van der Waals surface area contributed by atoms with Crippen molar-refractivity contribution in [3.8, 4) is 0 Å². The maximum atomic E-state index is 13.4. The lowest BCUT2D eigenvalue weighted by Crippen LogP contribution is -2.61. The first-order valence-electron chi connectivity index (χ1n) is 25.6. The SMILES string of the molecule is CCCCCCCCCCCCCC[C@H]1O[C@@H]1[C@H](CC[C@H]1O[C@H](COCc2ccccc2)[C@H](OCc2ccccc2)[C@H](OCc2ccccc2)[C@H]1OCc1ccccc1)NC(=O)OC(C)(C)C. The van der Waals surface area contributed by atoms with Gasteiger partial charge in [-0.1, -0.05) is 205 Å². The molecule has 0 spiro atoms. The molecule has 8 atom stereocenters. The minimum Gasteiger partial charge on any atom is -0.444 e. The molecule has 0 saturated carbocycles. The number of nitrogens with one attached hydrogen (secondary N) is 1. The van der Waals surface area contributed by atoms with Gasteiger partial charge < -0.3 is 38.5 Å². The average molecular weight is 920 g/mol. The van der Waals surface area contributed by atoms with Crippen LogP contribution >= 0.6 is 0 Å². The number of hydrogen-bond donors (Lipinski definition) is 1. The van der Waals surface area contributed by atoms with Crippen molar-refractivity contribution in [3.63, 3.8) is 0 Å².